The summed E-state index contributed by atoms with van der Waals surface area (Å²) < 4.78 is 5.50. The summed E-state index contributed by atoms with van der Waals surface area (Å²) in [5.41, 5.74) is 8.19. The molecule has 0 amide bonds. The van der Waals surface area contributed by atoms with Gasteiger partial charge in [0.25, 0.3) is 0 Å². The van der Waals surface area contributed by atoms with Crippen molar-refractivity contribution < 1.29 is 4.74 Å². The molecule has 1 aliphatic rings. The first kappa shape index (κ1) is 16.3. The fourth-order valence-electron chi connectivity index (χ4n) is 3.47. The smallest absolute Gasteiger partial charge is 0.123 e. The predicted molar refractivity (Wildman–Crippen MR) is 88.4 cm³/mol. The molecule has 1 fully saturated rings. The Kier molecular flexibility index (Phi) is 6.07. The van der Waals surface area contributed by atoms with Crippen LogP contribution in [0.25, 0.3) is 0 Å². The third-order valence-corrected chi connectivity index (χ3v) is 5.02. The molecular formula is C18H30N2O. The molecule has 0 saturated heterocycles. The fraction of sp³-hybridized carbons (Fsp3) is 0.667. The van der Waals surface area contributed by atoms with Crippen molar-refractivity contribution in [3.05, 3.63) is 29.3 Å². The number of benzene rings is 1. The highest BCUT2D eigenvalue weighted by Crippen LogP contribution is 2.30. The summed E-state index contributed by atoms with van der Waals surface area (Å²) >= 11 is 0. The van der Waals surface area contributed by atoms with E-state index in [-0.39, 0.29) is 0 Å². The monoisotopic (exact) mass is 290 g/mol. The molecule has 0 spiro atoms. The number of ether oxygens (including phenoxy) is 1. The van der Waals surface area contributed by atoms with Crippen molar-refractivity contribution in [1.29, 1.82) is 0 Å². The molecule has 21 heavy (non-hydrogen) atoms. The lowest BCUT2D eigenvalue weighted by Crippen LogP contribution is -2.34. The summed E-state index contributed by atoms with van der Waals surface area (Å²) in [4.78, 5) is 2.49. The van der Waals surface area contributed by atoms with Crippen molar-refractivity contribution in [3.8, 4) is 5.75 Å². The Morgan fingerprint density at radius 1 is 1.24 bits per heavy atom. The summed E-state index contributed by atoms with van der Waals surface area (Å²) in [5, 5.41) is 0. The van der Waals surface area contributed by atoms with Gasteiger partial charge in [0.05, 0.1) is 7.11 Å². The van der Waals surface area contributed by atoms with E-state index >= 15 is 0 Å². The Morgan fingerprint density at radius 3 is 2.52 bits per heavy atom. The van der Waals surface area contributed by atoms with Gasteiger partial charge in [-0.3, -0.25) is 4.90 Å². The third kappa shape index (κ3) is 4.21. The van der Waals surface area contributed by atoms with E-state index in [9.17, 15) is 0 Å². The SMILES string of the molecule is CCC1CCC(N(C)Cc2cc(CN)ccc2OC)CC1. The number of hydrogen-bond acceptors (Lipinski definition) is 3. The third-order valence-electron chi connectivity index (χ3n) is 5.02. The van der Waals surface area contributed by atoms with Crippen molar-refractivity contribution in [3.63, 3.8) is 0 Å². The number of nitrogens with zero attached hydrogens (tertiary/aromatic N) is 1. The van der Waals surface area contributed by atoms with Gasteiger partial charge in [-0.05, 0) is 56.3 Å². The van der Waals surface area contributed by atoms with Crippen molar-refractivity contribution in [2.45, 2.75) is 58.2 Å². The van der Waals surface area contributed by atoms with Crippen molar-refractivity contribution in [1.82, 2.24) is 4.90 Å². The lowest BCUT2D eigenvalue weighted by molar-refractivity contribution is 0.156. The normalized spacial score (nSPS) is 22.5. The fourth-order valence-corrected chi connectivity index (χ4v) is 3.47. The number of hydrogen-bond donors (Lipinski definition) is 1. The van der Waals surface area contributed by atoms with Gasteiger partial charge in [-0.2, -0.15) is 0 Å². The number of rotatable bonds is 6. The lowest BCUT2D eigenvalue weighted by atomic mass is 9.84. The summed E-state index contributed by atoms with van der Waals surface area (Å²) in [6, 6.07) is 6.99. The molecule has 1 aromatic carbocycles. The van der Waals surface area contributed by atoms with E-state index in [0.717, 1.165) is 18.2 Å². The van der Waals surface area contributed by atoms with E-state index in [2.05, 4.69) is 31.0 Å². The Bertz CT molecular complexity index is 439. The summed E-state index contributed by atoms with van der Waals surface area (Å²) in [5.74, 6) is 1.92. The van der Waals surface area contributed by atoms with Gasteiger partial charge in [0.1, 0.15) is 5.75 Å². The second-order valence-corrected chi connectivity index (χ2v) is 6.35. The maximum Gasteiger partial charge on any atom is 0.123 e. The van der Waals surface area contributed by atoms with E-state index in [1.165, 1.54) is 43.2 Å². The molecule has 0 unspecified atom stereocenters. The van der Waals surface area contributed by atoms with Gasteiger partial charge in [-0.25, -0.2) is 0 Å². The van der Waals surface area contributed by atoms with Gasteiger partial charge in [0.15, 0.2) is 0 Å². The second-order valence-electron chi connectivity index (χ2n) is 6.35. The number of nitrogens with two attached hydrogens (primary N) is 1. The molecule has 3 nitrogen and oxygen atoms in total. The van der Waals surface area contributed by atoms with E-state index in [1.807, 2.05) is 6.07 Å². The maximum absolute atomic E-state index is 5.76. The minimum atomic E-state index is 0.586. The molecule has 1 aliphatic carbocycles. The van der Waals surface area contributed by atoms with Crippen molar-refractivity contribution >= 4 is 0 Å². The van der Waals surface area contributed by atoms with Crippen LogP contribution >= 0.6 is 0 Å². The van der Waals surface area contributed by atoms with Crippen LogP contribution in [0.4, 0.5) is 0 Å². The van der Waals surface area contributed by atoms with Gasteiger partial charge in [0.2, 0.25) is 0 Å². The zero-order chi connectivity index (χ0) is 15.2. The van der Waals surface area contributed by atoms with E-state index < -0.39 is 0 Å². The van der Waals surface area contributed by atoms with Crippen LogP contribution < -0.4 is 10.5 Å². The Labute approximate surface area is 129 Å². The van der Waals surface area contributed by atoms with Gasteiger partial charge >= 0.3 is 0 Å². The van der Waals surface area contributed by atoms with Crippen LogP contribution in [-0.4, -0.2) is 25.1 Å². The summed E-state index contributed by atoms with van der Waals surface area (Å²) in [6.07, 6.45) is 6.75. The second kappa shape index (κ2) is 7.81. The first-order valence-electron chi connectivity index (χ1n) is 8.24. The first-order valence-corrected chi connectivity index (χ1v) is 8.24. The van der Waals surface area contributed by atoms with E-state index in [4.69, 9.17) is 10.5 Å². The molecule has 0 aliphatic heterocycles. The maximum atomic E-state index is 5.76. The van der Waals surface area contributed by atoms with E-state index in [1.54, 1.807) is 7.11 Å². The largest absolute Gasteiger partial charge is 0.496 e. The Morgan fingerprint density at radius 2 is 1.95 bits per heavy atom. The Hall–Kier alpha value is -1.06. The van der Waals surface area contributed by atoms with Crippen molar-refractivity contribution in [2.75, 3.05) is 14.2 Å². The molecule has 0 aromatic heterocycles. The highest BCUT2D eigenvalue weighted by molar-refractivity contribution is 5.37. The first-order chi connectivity index (χ1) is 10.2. The molecule has 0 radical (unpaired) electrons. The molecule has 1 saturated carbocycles. The average molecular weight is 290 g/mol. The highest BCUT2D eigenvalue weighted by Gasteiger charge is 2.23. The predicted octanol–water partition coefficient (Wildman–Crippen LogP) is 3.55. The molecule has 0 atom stereocenters. The topological polar surface area (TPSA) is 38.5 Å². The van der Waals surface area contributed by atoms with Crippen LogP contribution in [0.2, 0.25) is 0 Å². The van der Waals surface area contributed by atoms with Crippen LogP contribution in [0.1, 0.15) is 50.2 Å². The minimum absolute atomic E-state index is 0.586. The molecule has 118 valence electrons. The van der Waals surface area contributed by atoms with Crippen LogP contribution in [0.15, 0.2) is 18.2 Å². The standard InChI is InChI=1S/C18H30N2O/c1-4-14-5-8-17(9-6-14)20(2)13-16-11-15(12-19)7-10-18(16)21-3/h7,10-11,14,17H,4-6,8-9,12-13,19H2,1-3H3. The summed E-state index contributed by atoms with van der Waals surface area (Å²) in [7, 11) is 3.99. The molecule has 0 heterocycles. The van der Waals surface area contributed by atoms with Crippen LogP contribution in [0.3, 0.4) is 0 Å². The van der Waals surface area contributed by atoms with Gasteiger partial charge in [0, 0.05) is 24.7 Å². The lowest BCUT2D eigenvalue weighted by Gasteiger charge is -2.34. The quantitative estimate of drug-likeness (QED) is 0.870. The van der Waals surface area contributed by atoms with E-state index in [0.29, 0.717) is 12.6 Å². The van der Waals surface area contributed by atoms with Crippen LogP contribution in [-0.2, 0) is 13.1 Å². The molecule has 2 N–H and O–H groups in total. The highest BCUT2D eigenvalue weighted by atomic mass is 16.5. The average Bonchev–Trinajstić information content (AvgIpc) is 2.54. The molecule has 1 aromatic rings. The van der Waals surface area contributed by atoms with Crippen LogP contribution in [0.5, 0.6) is 5.75 Å². The molecule has 0 bridgehead atoms. The van der Waals surface area contributed by atoms with Gasteiger partial charge in [-0.15, -0.1) is 0 Å². The summed E-state index contributed by atoms with van der Waals surface area (Å²) in [6.45, 7) is 3.85. The van der Waals surface area contributed by atoms with Crippen LogP contribution in [0, 0.1) is 5.92 Å². The van der Waals surface area contributed by atoms with Gasteiger partial charge < -0.3 is 10.5 Å². The Balaban J connectivity index is 2.00. The molecular weight excluding hydrogens is 260 g/mol. The molecule has 3 heteroatoms. The minimum Gasteiger partial charge on any atom is -0.496 e. The van der Waals surface area contributed by atoms with Gasteiger partial charge in [-0.1, -0.05) is 19.4 Å². The molecule has 2 rings (SSSR count). The number of methoxy groups -OCH3 is 1. The zero-order valence-corrected chi connectivity index (χ0v) is 13.8. The van der Waals surface area contributed by atoms with Crippen molar-refractivity contribution in [2.24, 2.45) is 11.7 Å². The zero-order valence-electron chi connectivity index (χ0n) is 13.8.